The van der Waals surface area contributed by atoms with E-state index in [-0.39, 0.29) is 6.04 Å². The Bertz CT molecular complexity index is 761. The summed E-state index contributed by atoms with van der Waals surface area (Å²) >= 11 is 3.57. The molecule has 100 valence electrons. The van der Waals surface area contributed by atoms with Gasteiger partial charge in [-0.05, 0) is 42.3 Å². The molecule has 0 bridgehead atoms. The van der Waals surface area contributed by atoms with Crippen LogP contribution in [0.25, 0.3) is 22.0 Å². The summed E-state index contributed by atoms with van der Waals surface area (Å²) in [6.45, 7) is 1.99. The predicted octanol–water partition coefficient (Wildman–Crippen LogP) is 4.68. The van der Waals surface area contributed by atoms with E-state index in [0.717, 1.165) is 32.1 Å². The van der Waals surface area contributed by atoms with E-state index in [9.17, 15) is 0 Å². The fraction of sp³-hybridized carbons (Fsp3) is 0.118. The molecule has 0 radical (unpaired) electrons. The lowest BCUT2D eigenvalue weighted by molar-refractivity contribution is 0.818. The van der Waals surface area contributed by atoms with Crippen LogP contribution in [-0.2, 0) is 0 Å². The van der Waals surface area contributed by atoms with Gasteiger partial charge in [0.2, 0.25) is 0 Å². The first-order valence-electron chi connectivity index (χ1n) is 6.55. The largest absolute Gasteiger partial charge is 0.324 e. The van der Waals surface area contributed by atoms with Crippen LogP contribution in [-0.4, -0.2) is 4.98 Å². The van der Waals surface area contributed by atoms with Gasteiger partial charge >= 0.3 is 0 Å². The van der Waals surface area contributed by atoms with Crippen LogP contribution in [0, 0.1) is 0 Å². The Morgan fingerprint density at radius 2 is 1.90 bits per heavy atom. The first-order chi connectivity index (χ1) is 9.65. The molecule has 0 amide bonds. The minimum atomic E-state index is 0.00851. The third-order valence-electron chi connectivity index (χ3n) is 3.39. The number of pyridine rings is 1. The molecule has 3 heteroatoms. The number of hydrogen-bond acceptors (Lipinski definition) is 2. The molecular weight excluding hydrogens is 312 g/mol. The van der Waals surface area contributed by atoms with Crippen molar-refractivity contribution in [2.45, 2.75) is 13.0 Å². The standard InChI is InChI=1S/C17H15BrN2/c1-11(19)13-8-14(10-15(18)9-13)16-6-2-4-12-5-3-7-20-17(12)16/h2-11H,19H2,1H3. The summed E-state index contributed by atoms with van der Waals surface area (Å²) in [6, 6.07) is 16.6. The van der Waals surface area contributed by atoms with Crippen molar-refractivity contribution in [3.8, 4) is 11.1 Å². The van der Waals surface area contributed by atoms with E-state index in [4.69, 9.17) is 5.73 Å². The second-order valence-corrected chi connectivity index (χ2v) is 5.86. The quantitative estimate of drug-likeness (QED) is 0.742. The lowest BCUT2D eigenvalue weighted by atomic mass is 9.98. The summed E-state index contributed by atoms with van der Waals surface area (Å²) in [7, 11) is 0. The molecule has 3 rings (SSSR count). The van der Waals surface area contributed by atoms with Crippen molar-refractivity contribution >= 4 is 26.8 Å². The van der Waals surface area contributed by atoms with Crippen molar-refractivity contribution in [3.63, 3.8) is 0 Å². The van der Waals surface area contributed by atoms with Gasteiger partial charge in [0.1, 0.15) is 0 Å². The van der Waals surface area contributed by atoms with E-state index in [1.165, 1.54) is 0 Å². The second kappa shape index (κ2) is 5.35. The van der Waals surface area contributed by atoms with Gasteiger partial charge in [0.05, 0.1) is 5.52 Å². The van der Waals surface area contributed by atoms with Crippen LogP contribution < -0.4 is 5.73 Å². The van der Waals surface area contributed by atoms with Crippen molar-refractivity contribution in [3.05, 3.63) is 64.8 Å². The van der Waals surface area contributed by atoms with Crippen molar-refractivity contribution in [2.75, 3.05) is 0 Å². The lowest BCUT2D eigenvalue weighted by Gasteiger charge is -2.11. The zero-order valence-electron chi connectivity index (χ0n) is 11.2. The Labute approximate surface area is 126 Å². The van der Waals surface area contributed by atoms with Crippen LogP contribution >= 0.6 is 15.9 Å². The van der Waals surface area contributed by atoms with Gasteiger partial charge in [0.25, 0.3) is 0 Å². The number of benzene rings is 2. The molecule has 20 heavy (non-hydrogen) atoms. The third kappa shape index (κ3) is 2.47. The van der Waals surface area contributed by atoms with Crippen LogP contribution in [0.3, 0.4) is 0 Å². The zero-order valence-corrected chi connectivity index (χ0v) is 12.8. The maximum atomic E-state index is 6.01. The Hall–Kier alpha value is -1.71. The van der Waals surface area contributed by atoms with Gasteiger partial charge in [-0.2, -0.15) is 0 Å². The molecule has 3 aromatic rings. The average molecular weight is 327 g/mol. The van der Waals surface area contributed by atoms with Gasteiger partial charge in [0, 0.05) is 27.7 Å². The highest BCUT2D eigenvalue weighted by Crippen LogP contribution is 2.31. The molecule has 0 aliphatic carbocycles. The fourth-order valence-electron chi connectivity index (χ4n) is 2.37. The highest BCUT2D eigenvalue weighted by atomic mass is 79.9. The van der Waals surface area contributed by atoms with Crippen LogP contribution in [0.1, 0.15) is 18.5 Å². The first kappa shape index (κ1) is 13.3. The molecule has 1 heterocycles. The Morgan fingerprint density at radius 3 is 2.70 bits per heavy atom. The topological polar surface area (TPSA) is 38.9 Å². The van der Waals surface area contributed by atoms with Gasteiger partial charge < -0.3 is 5.73 Å². The Kier molecular flexibility index (Phi) is 3.55. The maximum absolute atomic E-state index is 6.01. The summed E-state index contributed by atoms with van der Waals surface area (Å²) in [5.74, 6) is 0. The maximum Gasteiger partial charge on any atom is 0.0780 e. The number of rotatable bonds is 2. The monoisotopic (exact) mass is 326 g/mol. The summed E-state index contributed by atoms with van der Waals surface area (Å²) < 4.78 is 1.04. The summed E-state index contributed by atoms with van der Waals surface area (Å²) in [5, 5.41) is 1.15. The zero-order chi connectivity index (χ0) is 14.1. The van der Waals surface area contributed by atoms with Crippen LogP contribution in [0.5, 0.6) is 0 Å². The molecule has 0 spiro atoms. The normalized spacial score (nSPS) is 12.6. The molecular formula is C17H15BrN2. The SMILES string of the molecule is CC(N)c1cc(Br)cc(-c2cccc3cccnc23)c1. The van der Waals surface area contributed by atoms with E-state index >= 15 is 0 Å². The number of nitrogens with two attached hydrogens (primary N) is 1. The number of aromatic nitrogens is 1. The van der Waals surface area contributed by atoms with Crippen molar-refractivity contribution in [1.29, 1.82) is 0 Å². The highest BCUT2D eigenvalue weighted by molar-refractivity contribution is 9.10. The molecule has 1 aromatic heterocycles. The first-order valence-corrected chi connectivity index (χ1v) is 7.34. The van der Waals surface area contributed by atoms with E-state index in [2.05, 4.69) is 63.4 Å². The predicted molar refractivity (Wildman–Crippen MR) is 87.5 cm³/mol. The minimum Gasteiger partial charge on any atom is -0.324 e. The van der Waals surface area contributed by atoms with Crippen molar-refractivity contribution < 1.29 is 0 Å². The summed E-state index contributed by atoms with van der Waals surface area (Å²) in [5.41, 5.74) is 10.4. The molecule has 0 fully saturated rings. The number of fused-ring (bicyclic) bond motifs is 1. The number of hydrogen-bond donors (Lipinski definition) is 1. The number of nitrogens with zero attached hydrogens (tertiary/aromatic N) is 1. The molecule has 0 saturated heterocycles. The smallest absolute Gasteiger partial charge is 0.0780 e. The second-order valence-electron chi connectivity index (χ2n) is 4.94. The fourth-order valence-corrected chi connectivity index (χ4v) is 2.88. The molecule has 0 aliphatic rings. The third-order valence-corrected chi connectivity index (χ3v) is 3.85. The lowest BCUT2D eigenvalue weighted by Crippen LogP contribution is -2.05. The molecule has 2 N–H and O–H groups in total. The van der Waals surface area contributed by atoms with Gasteiger partial charge in [-0.3, -0.25) is 4.98 Å². The molecule has 2 aromatic carbocycles. The van der Waals surface area contributed by atoms with Gasteiger partial charge in [-0.15, -0.1) is 0 Å². The Balaban J connectivity index is 2.25. The van der Waals surface area contributed by atoms with Gasteiger partial charge in [-0.1, -0.05) is 40.2 Å². The van der Waals surface area contributed by atoms with Gasteiger partial charge in [0.15, 0.2) is 0 Å². The average Bonchev–Trinajstić information content (AvgIpc) is 2.46. The summed E-state index contributed by atoms with van der Waals surface area (Å²) in [6.07, 6.45) is 1.83. The van der Waals surface area contributed by atoms with Crippen molar-refractivity contribution in [2.24, 2.45) is 5.73 Å². The number of para-hydroxylation sites is 1. The van der Waals surface area contributed by atoms with E-state index in [1.54, 1.807) is 0 Å². The van der Waals surface area contributed by atoms with Gasteiger partial charge in [-0.25, -0.2) is 0 Å². The van der Waals surface area contributed by atoms with E-state index in [0.29, 0.717) is 0 Å². The minimum absolute atomic E-state index is 0.00851. The highest BCUT2D eigenvalue weighted by Gasteiger charge is 2.08. The molecule has 1 atom stereocenters. The summed E-state index contributed by atoms with van der Waals surface area (Å²) in [4.78, 5) is 4.52. The molecule has 1 unspecified atom stereocenters. The molecule has 2 nitrogen and oxygen atoms in total. The Morgan fingerprint density at radius 1 is 1.10 bits per heavy atom. The molecule has 0 aliphatic heterocycles. The molecule has 0 saturated carbocycles. The van der Waals surface area contributed by atoms with Crippen LogP contribution in [0.4, 0.5) is 0 Å². The number of halogens is 1. The van der Waals surface area contributed by atoms with Crippen LogP contribution in [0.15, 0.2) is 59.2 Å². The van der Waals surface area contributed by atoms with Crippen molar-refractivity contribution in [1.82, 2.24) is 4.98 Å². The van der Waals surface area contributed by atoms with E-state index < -0.39 is 0 Å². The van der Waals surface area contributed by atoms with E-state index in [1.807, 2.05) is 19.2 Å². The van der Waals surface area contributed by atoms with Crippen LogP contribution in [0.2, 0.25) is 0 Å².